The molecule has 1 aromatic carbocycles. The highest BCUT2D eigenvalue weighted by molar-refractivity contribution is 5.32. The number of hydrogen-bond donors (Lipinski definition) is 4. The SMILES string of the molecule is Cc1cc(C)cc(OC[C@@H](O)C[NH+]2CC[NH+](CCO)CC2)c1. The Morgan fingerprint density at radius 2 is 1.64 bits per heavy atom. The van der Waals surface area contributed by atoms with Gasteiger partial charge in [-0.2, -0.15) is 0 Å². The standard InChI is InChI=1S/C17H28N2O3/c1-14-9-15(2)11-17(10-14)22-13-16(21)12-19-5-3-18(4-6-19)7-8-20/h9-11,16,20-21H,3-8,12-13H2,1-2H3/p+2/t16-/m0/s1. The summed E-state index contributed by atoms with van der Waals surface area (Å²) in [6, 6.07) is 6.12. The zero-order chi connectivity index (χ0) is 15.9. The van der Waals surface area contributed by atoms with Gasteiger partial charge in [-0.05, 0) is 37.1 Å². The lowest BCUT2D eigenvalue weighted by Crippen LogP contribution is -3.28. The van der Waals surface area contributed by atoms with Crippen molar-refractivity contribution in [2.24, 2.45) is 0 Å². The maximum absolute atomic E-state index is 10.2. The molecule has 22 heavy (non-hydrogen) atoms. The van der Waals surface area contributed by atoms with Gasteiger partial charge in [-0.1, -0.05) is 6.07 Å². The number of aryl methyl sites for hydroxylation is 2. The summed E-state index contributed by atoms with van der Waals surface area (Å²) in [7, 11) is 0. The Bertz CT molecular complexity index is 439. The van der Waals surface area contributed by atoms with Crippen molar-refractivity contribution in [3.8, 4) is 5.75 Å². The maximum atomic E-state index is 10.2. The number of benzene rings is 1. The summed E-state index contributed by atoms with van der Waals surface area (Å²) in [6.07, 6.45) is -0.435. The van der Waals surface area contributed by atoms with Crippen LogP contribution in [0.5, 0.6) is 5.75 Å². The van der Waals surface area contributed by atoms with Crippen LogP contribution < -0.4 is 14.5 Å². The van der Waals surface area contributed by atoms with E-state index in [1.165, 1.54) is 20.9 Å². The molecule has 5 nitrogen and oxygen atoms in total. The van der Waals surface area contributed by atoms with Gasteiger partial charge in [0.1, 0.15) is 57.7 Å². The number of aliphatic hydroxyl groups excluding tert-OH is 2. The summed E-state index contributed by atoms with van der Waals surface area (Å²) < 4.78 is 5.73. The number of ether oxygens (including phenoxy) is 1. The van der Waals surface area contributed by atoms with Crippen LogP contribution in [0.25, 0.3) is 0 Å². The molecule has 2 rings (SSSR count). The quantitative estimate of drug-likeness (QED) is 0.463. The van der Waals surface area contributed by atoms with Gasteiger partial charge in [0.25, 0.3) is 0 Å². The van der Waals surface area contributed by atoms with E-state index in [2.05, 4.69) is 19.9 Å². The molecule has 1 atom stereocenters. The Balaban J connectivity index is 1.71. The number of piperazine rings is 1. The zero-order valence-corrected chi connectivity index (χ0v) is 13.8. The third-order valence-corrected chi connectivity index (χ3v) is 4.29. The first kappa shape index (κ1) is 17.2. The van der Waals surface area contributed by atoms with E-state index in [9.17, 15) is 5.11 Å². The fourth-order valence-corrected chi connectivity index (χ4v) is 3.17. The number of aliphatic hydroxyl groups is 2. The van der Waals surface area contributed by atoms with Gasteiger partial charge in [-0.15, -0.1) is 0 Å². The Hall–Kier alpha value is -1.14. The molecule has 1 aliphatic heterocycles. The van der Waals surface area contributed by atoms with Crippen LogP contribution in [-0.4, -0.2) is 68.8 Å². The molecule has 0 saturated carbocycles. The second-order valence-corrected chi connectivity index (χ2v) is 6.47. The highest BCUT2D eigenvalue weighted by Gasteiger charge is 2.24. The third kappa shape index (κ3) is 5.57. The van der Waals surface area contributed by atoms with E-state index in [0.29, 0.717) is 6.61 Å². The molecule has 1 heterocycles. The summed E-state index contributed by atoms with van der Waals surface area (Å²) in [5.41, 5.74) is 2.36. The van der Waals surface area contributed by atoms with E-state index < -0.39 is 6.10 Å². The zero-order valence-electron chi connectivity index (χ0n) is 13.8. The second-order valence-electron chi connectivity index (χ2n) is 6.47. The van der Waals surface area contributed by atoms with E-state index in [4.69, 9.17) is 9.84 Å². The first-order chi connectivity index (χ1) is 10.6. The molecular weight excluding hydrogens is 280 g/mol. The van der Waals surface area contributed by atoms with E-state index in [1.807, 2.05) is 12.1 Å². The highest BCUT2D eigenvalue weighted by Crippen LogP contribution is 2.16. The normalized spacial score (nSPS) is 23.3. The van der Waals surface area contributed by atoms with Crippen LogP contribution in [0.4, 0.5) is 0 Å². The van der Waals surface area contributed by atoms with Gasteiger partial charge in [0.2, 0.25) is 0 Å². The van der Waals surface area contributed by atoms with Crippen molar-refractivity contribution in [3.05, 3.63) is 29.3 Å². The van der Waals surface area contributed by atoms with Gasteiger partial charge in [0.05, 0.1) is 6.61 Å². The van der Waals surface area contributed by atoms with Crippen LogP contribution in [0.1, 0.15) is 11.1 Å². The molecule has 0 bridgehead atoms. The lowest BCUT2D eigenvalue weighted by atomic mass is 10.1. The predicted molar refractivity (Wildman–Crippen MR) is 85.6 cm³/mol. The van der Waals surface area contributed by atoms with Gasteiger partial charge in [-0.3, -0.25) is 0 Å². The molecule has 0 radical (unpaired) electrons. The Kier molecular flexibility index (Phi) is 6.64. The van der Waals surface area contributed by atoms with Crippen molar-refractivity contribution >= 4 is 0 Å². The predicted octanol–water partition coefficient (Wildman–Crippen LogP) is -2.18. The van der Waals surface area contributed by atoms with Gasteiger partial charge >= 0.3 is 0 Å². The monoisotopic (exact) mass is 310 g/mol. The Morgan fingerprint density at radius 1 is 1.05 bits per heavy atom. The smallest absolute Gasteiger partial charge is 0.137 e. The van der Waals surface area contributed by atoms with Crippen molar-refractivity contribution in [2.45, 2.75) is 20.0 Å². The van der Waals surface area contributed by atoms with Crippen LogP contribution in [0, 0.1) is 13.8 Å². The summed E-state index contributed by atoms with van der Waals surface area (Å²) in [5.74, 6) is 0.837. The molecule has 4 N–H and O–H groups in total. The average molecular weight is 310 g/mol. The van der Waals surface area contributed by atoms with Crippen LogP contribution in [0.2, 0.25) is 0 Å². The lowest BCUT2D eigenvalue weighted by Gasteiger charge is -2.30. The molecule has 0 spiro atoms. The first-order valence-electron chi connectivity index (χ1n) is 8.24. The molecule has 124 valence electrons. The molecule has 1 aromatic rings. The minimum absolute atomic E-state index is 0.261. The van der Waals surface area contributed by atoms with E-state index in [0.717, 1.165) is 45.0 Å². The van der Waals surface area contributed by atoms with Gasteiger partial charge < -0.3 is 24.7 Å². The molecular formula is C17H30N2O3+2. The summed E-state index contributed by atoms with van der Waals surface area (Å²) in [6.45, 7) is 10.5. The van der Waals surface area contributed by atoms with Crippen molar-refractivity contribution in [2.75, 3.05) is 52.5 Å². The average Bonchev–Trinajstić information content (AvgIpc) is 2.47. The summed E-state index contributed by atoms with van der Waals surface area (Å²) >= 11 is 0. The first-order valence-corrected chi connectivity index (χ1v) is 8.24. The number of hydrogen-bond acceptors (Lipinski definition) is 3. The topological polar surface area (TPSA) is 58.6 Å². The van der Waals surface area contributed by atoms with Gasteiger partial charge in [0.15, 0.2) is 0 Å². The van der Waals surface area contributed by atoms with E-state index >= 15 is 0 Å². The fourth-order valence-electron chi connectivity index (χ4n) is 3.17. The van der Waals surface area contributed by atoms with Crippen molar-refractivity contribution in [1.29, 1.82) is 0 Å². The molecule has 0 aliphatic carbocycles. The lowest BCUT2D eigenvalue weighted by molar-refractivity contribution is -1.01. The van der Waals surface area contributed by atoms with Gasteiger partial charge in [0, 0.05) is 0 Å². The van der Waals surface area contributed by atoms with E-state index in [-0.39, 0.29) is 6.61 Å². The fraction of sp³-hybridized carbons (Fsp3) is 0.647. The molecule has 1 aliphatic rings. The van der Waals surface area contributed by atoms with Crippen LogP contribution in [0.3, 0.4) is 0 Å². The molecule has 5 heteroatoms. The van der Waals surface area contributed by atoms with Crippen LogP contribution in [0.15, 0.2) is 18.2 Å². The van der Waals surface area contributed by atoms with Crippen LogP contribution >= 0.6 is 0 Å². The summed E-state index contributed by atoms with van der Waals surface area (Å²) in [5, 5.41) is 19.1. The number of nitrogens with one attached hydrogen (secondary N) is 2. The Morgan fingerprint density at radius 3 is 2.23 bits per heavy atom. The molecule has 0 aromatic heterocycles. The molecule has 1 fully saturated rings. The second kappa shape index (κ2) is 8.48. The highest BCUT2D eigenvalue weighted by atomic mass is 16.5. The van der Waals surface area contributed by atoms with Gasteiger partial charge in [-0.25, -0.2) is 0 Å². The third-order valence-electron chi connectivity index (χ3n) is 4.29. The van der Waals surface area contributed by atoms with E-state index in [1.54, 1.807) is 0 Å². The summed E-state index contributed by atoms with van der Waals surface area (Å²) in [4.78, 5) is 2.89. The Labute approximate surface area is 133 Å². The molecule has 1 saturated heterocycles. The van der Waals surface area contributed by atoms with Crippen molar-refractivity contribution in [1.82, 2.24) is 0 Å². The minimum atomic E-state index is -0.435. The largest absolute Gasteiger partial charge is 0.491 e. The minimum Gasteiger partial charge on any atom is -0.491 e. The maximum Gasteiger partial charge on any atom is 0.137 e. The number of quaternary nitrogens is 2. The van der Waals surface area contributed by atoms with Crippen molar-refractivity contribution in [3.63, 3.8) is 0 Å². The van der Waals surface area contributed by atoms with Crippen LogP contribution in [-0.2, 0) is 0 Å². The van der Waals surface area contributed by atoms with Crippen molar-refractivity contribution < 1.29 is 24.7 Å². The molecule has 0 amide bonds. The number of rotatable bonds is 7. The molecule has 0 unspecified atom stereocenters.